The highest BCUT2D eigenvalue weighted by Gasteiger charge is 2.40. The van der Waals surface area contributed by atoms with E-state index >= 15 is 0 Å². The van der Waals surface area contributed by atoms with E-state index in [2.05, 4.69) is 10.3 Å². The highest BCUT2D eigenvalue weighted by Crippen LogP contribution is 2.27. The first-order valence-corrected chi connectivity index (χ1v) is 7.78. The number of carboxylic acid groups (broad SMARTS) is 1. The number of esters is 1. The molecule has 2 atom stereocenters. The van der Waals surface area contributed by atoms with Crippen molar-refractivity contribution in [1.82, 2.24) is 5.32 Å². The van der Waals surface area contributed by atoms with Crippen LogP contribution in [0.3, 0.4) is 0 Å². The molecule has 1 amide bonds. The highest BCUT2D eigenvalue weighted by molar-refractivity contribution is 6.00. The number of aliphatic imine (C=N–C) groups is 1. The molecule has 1 heterocycles. The van der Waals surface area contributed by atoms with Gasteiger partial charge in [-0.25, -0.2) is 14.6 Å². The Bertz CT molecular complexity index is 537. The zero-order valence-corrected chi connectivity index (χ0v) is 14.6. The van der Waals surface area contributed by atoms with Crippen molar-refractivity contribution in [2.45, 2.75) is 65.5 Å². The number of hydrogen-bond donors (Lipinski definition) is 2. The van der Waals surface area contributed by atoms with Gasteiger partial charge in [-0.1, -0.05) is 13.8 Å². The van der Waals surface area contributed by atoms with E-state index in [0.717, 1.165) is 0 Å². The van der Waals surface area contributed by atoms with Crippen LogP contribution in [-0.2, 0) is 19.1 Å². The van der Waals surface area contributed by atoms with Gasteiger partial charge in [0.1, 0.15) is 5.54 Å². The van der Waals surface area contributed by atoms with Gasteiger partial charge in [-0.15, -0.1) is 0 Å². The number of aliphatic carboxylic acids is 1. The Morgan fingerprint density at radius 2 is 1.96 bits per heavy atom. The van der Waals surface area contributed by atoms with Gasteiger partial charge in [0.2, 0.25) is 5.91 Å². The summed E-state index contributed by atoms with van der Waals surface area (Å²) in [5.74, 6) is -2.06. The number of rotatable bonds is 7. The monoisotopic (exact) mass is 326 g/mol. The average molecular weight is 326 g/mol. The molecule has 0 fully saturated rings. The van der Waals surface area contributed by atoms with Crippen LogP contribution < -0.4 is 5.32 Å². The predicted octanol–water partition coefficient (Wildman–Crippen LogP) is 1.75. The van der Waals surface area contributed by atoms with E-state index < -0.39 is 28.9 Å². The third-order valence-corrected chi connectivity index (χ3v) is 3.98. The van der Waals surface area contributed by atoms with Crippen molar-refractivity contribution in [2.75, 3.05) is 0 Å². The fourth-order valence-electron chi connectivity index (χ4n) is 2.20. The van der Waals surface area contributed by atoms with E-state index in [1.807, 2.05) is 6.92 Å². The largest absolute Gasteiger partial charge is 0.480 e. The Morgan fingerprint density at radius 3 is 2.35 bits per heavy atom. The quantitative estimate of drug-likeness (QED) is 0.693. The van der Waals surface area contributed by atoms with Gasteiger partial charge in [-0.2, -0.15) is 0 Å². The maximum absolute atomic E-state index is 12.2. The van der Waals surface area contributed by atoms with Crippen LogP contribution in [0, 0.1) is 11.8 Å². The number of amides is 1. The molecule has 7 nitrogen and oxygen atoms in total. The van der Waals surface area contributed by atoms with Crippen LogP contribution in [0.4, 0.5) is 0 Å². The SMILES string of the molecule is CCC(CC(C)C(=O)NC(C)(C)C(=O)O)C1=NC(C)(C)C(=O)O1. The molecule has 1 aliphatic rings. The predicted molar refractivity (Wildman–Crippen MR) is 85.0 cm³/mol. The van der Waals surface area contributed by atoms with Crippen LogP contribution in [0.1, 0.15) is 54.4 Å². The molecule has 7 heteroatoms. The Morgan fingerprint density at radius 1 is 1.39 bits per heavy atom. The molecule has 0 aliphatic carbocycles. The van der Waals surface area contributed by atoms with Gasteiger partial charge in [0.15, 0.2) is 11.4 Å². The second-order valence-electron chi connectivity index (χ2n) is 7.06. The maximum atomic E-state index is 12.2. The van der Waals surface area contributed by atoms with Crippen molar-refractivity contribution in [2.24, 2.45) is 16.8 Å². The number of nitrogens with one attached hydrogen (secondary N) is 1. The van der Waals surface area contributed by atoms with Gasteiger partial charge in [-0.3, -0.25) is 4.79 Å². The van der Waals surface area contributed by atoms with Crippen molar-refractivity contribution >= 4 is 23.7 Å². The lowest BCUT2D eigenvalue weighted by atomic mass is 9.92. The molecule has 0 aromatic carbocycles. The standard InChI is InChI=1S/C16H26N2O5/c1-7-10(12-18-16(5,6)14(22)23-12)8-9(2)11(19)17-15(3,4)13(20)21/h9-10H,7-8H2,1-6H3,(H,17,19)(H,20,21). The third-order valence-electron chi connectivity index (χ3n) is 3.98. The topological polar surface area (TPSA) is 105 Å². The first-order valence-electron chi connectivity index (χ1n) is 7.78. The third kappa shape index (κ3) is 4.53. The van der Waals surface area contributed by atoms with E-state index in [-0.39, 0.29) is 11.8 Å². The number of hydrogen-bond acceptors (Lipinski definition) is 5. The van der Waals surface area contributed by atoms with Crippen molar-refractivity contribution in [3.05, 3.63) is 0 Å². The number of carboxylic acids is 1. The number of cyclic esters (lactones) is 1. The number of carbonyl (C=O) groups excluding carboxylic acids is 2. The summed E-state index contributed by atoms with van der Waals surface area (Å²) in [6, 6.07) is 0. The number of ether oxygens (including phenoxy) is 1. The minimum atomic E-state index is -1.33. The van der Waals surface area contributed by atoms with Crippen molar-refractivity contribution in [1.29, 1.82) is 0 Å². The molecule has 2 unspecified atom stereocenters. The summed E-state index contributed by atoms with van der Waals surface area (Å²) >= 11 is 0. The summed E-state index contributed by atoms with van der Waals surface area (Å²) in [6.45, 7) is 9.88. The van der Waals surface area contributed by atoms with Gasteiger partial charge in [-0.05, 0) is 40.5 Å². The van der Waals surface area contributed by atoms with Gasteiger partial charge in [0.05, 0.1) is 0 Å². The Kier molecular flexibility index (Phi) is 5.56. The fraction of sp³-hybridized carbons (Fsp3) is 0.750. The molecule has 1 aliphatic heterocycles. The second-order valence-corrected chi connectivity index (χ2v) is 7.06. The molecule has 0 saturated carbocycles. The summed E-state index contributed by atoms with van der Waals surface area (Å²) < 4.78 is 5.23. The second kappa shape index (κ2) is 6.68. The molecule has 0 aromatic rings. The van der Waals surface area contributed by atoms with E-state index in [0.29, 0.717) is 18.7 Å². The first-order chi connectivity index (χ1) is 10.4. The van der Waals surface area contributed by atoms with E-state index in [9.17, 15) is 14.4 Å². The van der Waals surface area contributed by atoms with Crippen LogP contribution in [0.2, 0.25) is 0 Å². The Hall–Kier alpha value is -1.92. The minimum Gasteiger partial charge on any atom is -0.480 e. The lowest BCUT2D eigenvalue weighted by molar-refractivity contribution is -0.146. The zero-order valence-electron chi connectivity index (χ0n) is 14.6. The van der Waals surface area contributed by atoms with Crippen LogP contribution in [-0.4, -0.2) is 39.9 Å². The summed E-state index contributed by atoms with van der Waals surface area (Å²) in [5, 5.41) is 11.6. The molecular weight excluding hydrogens is 300 g/mol. The summed E-state index contributed by atoms with van der Waals surface area (Å²) in [5.41, 5.74) is -2.22. The van der Waals surface area contributed by atoms with Crippen LogP contribution >= 0.6 is 0 Å². The highest BCUT2D eigenvalue weighted by atomic mass is 16.6. The molecule has 1 rings (SSSR count). The molecule has 130 valence electrons. The van der Waals surface area contributed by atoms with E-state index in [4.69, 9.17) is 9.84 Å². The molecule has 23 heavy (non-hydrogen) atoms. The number of carbonyl (C=O) groups is 3. The van der Waals surface area contributed by atoms with Crippen LogP contribution in [0.25, 0.3) is 0 Å². The van der Waals surface area contributed by atoms with Gasteiger partial charge in [0, 0.05) is 11.8 Å². The number of nitrogens with zero attached hydrogens (tertiary/aromatic N) is 1. The first kappa shape index (κ1) is 19.1. The summed E-state index contributed by atoms with van der Waals surface area (Å²) in [4.78, 5) is 39.3. The van der Waals surface area contributed by atoms with Crippen LogP contribution in [0.15, 0.2) is 4.99 Å². The van der Waals surface area contributed by atoms with Crippen molar-refractivity contribution in [3.8, 4) is 0 Å². The Balaban J connectivity index is 2.75. The van der Waals surface area contributed by atoms with Gasteiger partial charge >= 0.3 is 11.9 Å². The van der Waals surface area contributed by atoms with Gasteiger partial charge < -0.3 is 15.2 Å². The van der Waals surface area contributed by atoms with Gasteiger partial charge in [0.25, 0.3) is 0 Å². The van der Waals surface area contributed by atoms with Crippen molar-refractivity contribution in [3.63, 3.8) is 0 Å². The molecule has 0 spiro atoms. The minimum absolute atomic E-state index is 0.158. The molecule has 0 saturated heterocycles. The Labute approximate surface area is 136 Å². The smallest absolute Gasteiger partial charge is 0.340 e. The van der Waals surface area contributed by atoms with E-state index in [1.54, 1.807) is 20.8 Å². The fourth-order valence-corrected chi connectivity index (χ4v) is 2.20. The molecule has 2 N–H and O–H groups in total. The molecule has 0 aromatic heterocycles. The van der Waals surface area contributed by atoms with Crippen molar-refractivity contribution < 1.29 is 24.2 Å². The molecule has 0 radical (unpaired) electrons. The summed E-state index contributed by atoms with van der Waals surface area (Å²) in [7, 11) is 0. The normalized spacial score (nSPS) is 19.6. The summed E-state index contributed by atoms with van der Waals surface area (Å²) in [6.07, 6.45) is 1.10. The molecular formula is C16H26N2O5. The lowest BCUT2D eigenvalue weighted by Gasteiger charge is -2.25. The zero-order chi connectivity index (χ0) is 18.0. The average Bonchev–Trinajstić information content (AvgIpc) is 2.68. The van der Waals surface area contributed by atoms with Crippen LogP contribution in [0.5, 0.6) is 0 Å². The molecule has 0 bridgehead atoms. The maximum Gasteiger partial charge on any atom is 0.340 e. The lowest BCUT2D eigenvalue weighted by Crippen LogP contribution is -2.51. The van der Waals surface area contributed by atoms with E-state index in [1.165, 1.54) is 13.8 Å².